The minimum atomic E-state index is -1.20. The molecule has 0 aliphatic rings. The van der Waals surface area contributed by atoms with Crippen LogP contribution in [0, 0.1) is 12.3 Å². The fourth-order valence-corrected chi connectivity index (χ4v) is 3.93. The van der Waals surface area contributed by atoms with Gasteiger partial charge in [-0.25, -0.2) is 4.79 Å². The highest BCUT2D eigenvalue weighted by molar-refractivity contribution is 5.95. The fourth-order valence-electron chi connectivity index (χ4n) is 3.93. The van der Waals surface area contributed by atoms with Crippen LogP contribution in [0.1, 0.15) is 35.2 Å². The van der Waals surface area contributed by atoms with Gasteiger partial charge >= 0.3 is 5.97 Å². The number of amides is 1. The SMILES string of the molecule is COc1cc(O[C@H](C)C(=O)O)c([C@H](Nc2ccc(C(=N)N)cc2)C(=O)NCc2ccccc2)c(C)c1OC. The lowest BCUT2D eigenvalue weighted by Crippen LogP contribution is -2.34. The molecular weight excluding hydrogens is 488 g/mol. The summed E-state index contributed by atoms with van der Waals surface area (Å²) >= 11 is 0. The average Bonchev–Trinajstić information content (AvgIpc) is 2.91. The van der Waals surface area contributed by atoms with Gasteiger partial charge in [0.15, 0.2) is 17.6 Å². The molecule has 0 unspecified atom stereocenters. The predicted octanol–water partition coefficient (Wildman–Crippen LogP) is 3.62. The molecule has 10 nitrogen and oxygen atoms in total. The lowest BCUT2D eigenvalue weighted by Gasteiger charge is -2.27. The van der Waals surface area contributed by atoms with Gasteiger partial charge < -0.3 is 35.7 Å². The van der Waals surface area contributed by atoms with E-state index in [2.05, 4.69) is 10.6 Å². The van der Waals surface area contributed by atoms with Gasteiger partial charge in [-0.1, -0.05) is 30.3 Å². The van der Waals surface area contributed by atoms with Crippen LogP contribution in [0.5, 0.6) is 17.2 Å². The lowest BCUT2D eigenvalue weighted by atomic mass is 9.96. The largest absolute Gasteiger partial charge is 0.493 e. The number of carboxylic acids is 1. The molecule has 200 valence electrons. The molecule has 0 radical (unpaired) electrons. The monoisotopic (exact) mass is 520 g/mol. The third-order valence-electron chi connectivity index (χ3n) is 5.94. The molecule has 0 aliphatic heterocycles. The number of nitrogen functional groups attached to an aromatic ring is 1. The molecule has 0 aliphatic carbocycles. The van der Waals surface area contributed by atoms with Crippen LogP contribution in [-0.2, 0) is 16.1 Å². The van der Waals surface area contributed by atoms with Crippen LogP contribution < -0.4 is 30.6 Å². The third kappa shape index (κ3) is 6.52. The molecule has 3 rings (SSSR count). The van der Waals surface area contributed by atoms with Crippen molar-refractivity contribution in [3.05, 3.63) is 82.9 Å². The number of ether oxygens (including phenoxy) is 3. The van der Waals surface area contributed by atoms with Crippen LogP contribution in [-0.4, -0.2) is 43.1 Å². The average molecular weight is 521 g/mol. The molecule has 0 aromatic heterocycles. The number of carboxylic acid groups (broad SMARTS) is 1. The molecule has 1 amide bonds. The van der Waals surface area contributed by atoms with Crippen LogP contribution in [0.3, 0.4) is 0 Å². The Morgan fingerprint density at radius 2 is 1.68 bits per heavy atom. The second-order valence-corrected chi connectivity index (χ2v) is 8.52. The van der Waals surface area contributed by atoms with Crippen LogP contribution >= 0.6 is 0 Å². The minimum Gasteiger partial charge on any atom is -0.493 e. The van der Waals surface area contributed by atoms with E-state index in [9.17, 15) is 14.7 Å². The molecular formula is C28H32N4O6. The number of aliphatic carboxylic acids is 1. The van der Waals surface area contributed by atoms with Gasteiger partial charge in [-0.3, -0.25) is 10.2 Å². The normalized spacial score (nSPS) is 12.1. The van der Waals surface area contributed by atoms with E-state index in [0.717, 1.165) is 5.56 Å². The number of rotatable bonds is 12. The van der Waals surface area contributed by atoms with E-state index in [1.54, 1.807) is 31.2 Å². The lowest BCUT2D eigenvalue weighted by molar-refractivity contribution is -0.144. The second kappa shape index (κ2) is 12.5. The first-order valence-corrected chi connectivity index (χ1v) is 11.8. The van der Waals surface area contributed by atoms with E-state index in [4.69, 9.17) is 25.4 Å². The van der Waals surface area contributed by atoms with E-state index in [-0.39, 0.29) is 24.0 Å². The Balaban J connectivity index is 2.11. The minimum absolute atomic E-state index is 0.0808. The Morgan fingerprint density at radius 1 is 1.03 bits per heavy atom. The first kappa shape index (κ1) is 27.9. The van der Waals surface area contributed by atoms with Crippen molar-refractivity contribution in [2.24, 2.45) is 5.73 Å². The fraction of sp³-hybridized carbons (Fsp3) is 0.250. The highest BCUT2D eigenvalue weighted by atomic mass is 16.5. The highest BCUT2D eigenvalue weighted by Crippen LogP contribution is 2.43. The molecule has 0 fully saturated rings. The summed E-state index contributed by atoms with van der Waals surface area (Å²) < 4.78 is 16.8. The molecule has 0 heterocycles. The molecule has 0 bridgehead atoms. The smallest absolute Gasteiger partial charge is 0.344 e. The molecule has 0 saturated carbocycles. The molecule has 3 aromatic rings. The number of anilines is 1. The van der Waals surface area contributed by atoms with Gasteiger partial charge in [0.1, 0.15) is 17.6 Å². The van der Waals surface area contributed by atoms with Crippen molar-refractivity contribution in [2.45, 2.75) is 32.5 Å². The number of hydrogen-bond acceptors (Lipinski definition) is 7. The Hall–Kier alpha value is -4.73. The summed E-state index contributed by atoms with van der Waals surface area (Å²) in [6, 6.07) is 16.7. The zero-order valence-corrected chi connectivity index (χ0v) is 21.7. The maximum atomic E-state index is 13.7. The third-order valence-corrected chi connectivity index (χ3v) is 5.94. The topological polar surface area (TPSA) is 156 Å². The summed E-state index contributed by atoms with van der Waals surface area (Å²) in [5.74, 6) is -0.762. The van der Waals surface area contributed by atoms with E-state index < -0.39 is 18.1 Å². The first-order chi connectivity index (χ1) is 18.2. The van der Waals surface area contributed by atoms with Crippen LogP contribution in [0.15, 0.2) is 60.7 Å². The Bertz CT molecular complexity index is 1290. The summed E-state index contributed by atoms with van der Waals surface area (Å²) in [7, 11) is 2.94. The van der Waals surface area contributed by atoms with E-state index >= 15 is 0 Å². The maximum Gasteiger partial charge on any atom is 0.344 e. The van der Waals surface area contributed by atoms with Gasteiger partial charge in [0, 0.05) is 35.0 Å². The molecule has 0 spiro atoms. The molecule has 38 heavy (non-hydrogen) atoms. The van der Waals surface area contributed by atoms with Crippen molar-refractivity contribution in [2.75, 3.05) is 19.5 Å². The van der Waals surface area contributed by atoms with Crippen molar-refractivity contribution in [1.29, 1.82) is 5.41 Å². The van der Waals surface area contributed by atoms with Gasteiger partial charge in [0.05, 0.1) is 14.2 Å². The Morgan fingerprint density at radius 3 is 2.24 bits per heavy atom. The molecule has 2 atom stereocenters. The van der Waals surface area contributed by atoms with Gasteiger partial charge in [-0.15, -0.1) is 0 Å². The summed E-state index contributed by atoms with van der Waals surface area (Å²) in [5.41, 5.74) is 8.51. The quantitative estimate of drug-likeness (QED) is 0.179. The number of carbonyl (C=O) groups excluding carboxylic acids is 1. The van der Waals surface area contributed by atoms with Crippen molar-refractivity contribution < 1.29 is 28.9 Å². The first-order valence-electron chi connectivity index (χ1n) is 11.8. The molecule has 10 heteroatoms. The van der Waals surface area contributed by atoms with E-state index in [1.165, 1.54) is 27.2 Å². The summed E-state index contributed by atoms with van der Waals surface area (Å²) in [5, 5.41) is 23.3. The van der Waals surface area contributed by atoms with Crippen LogP contribution in [0.4, 0.5) is 5.69 Å². The van der Waals surface area contributed by atoms with Gasteiger partial charge in [-0.2, -0.15) is 0 Å². The summed E-state index contributed by atoms with van der Waals surface area (Å²) in [6.45, 7) is 3.42. The van der Waals surface area contributed by atoms with Crippen molar-refractivity contribution in [3.8, 4) is 17.2 Å². The van der Waals surface area contributed by atoms with Crippen molar-refractivity contribution in [3.63, 3.8) is 0 Å². The standard InChI is InChI=1S/C28H32N4O6/c1-16-23(21(38-17(2)28(34)35)14-22(36-3)25(16)37-4)24(27(33)31-15-18-8-6-5-7-9-18)32-20-12-10-19(11-13-20)26(29)30/h5-14,17,24,32H,15H2,1-4H3,(H3,29,30)(H,31,33)(H,34,35)/t17-,24+/m1/s1. The number of nitrogens with one attached hydrogen (secondary N) is 3. The molecule has 0 saturated heterocycles. The summed E-state index contributed by atoms with van der Waals surface area (Å²) in [4.78, 5) is 25.3. The maximum absolute atomic E-state index is 13.7. The number of methoxy groups -OCH3 is 2. The Labute approximate surface area is 221 Å². The van der Waals surface area contributed by atoms with Gasteiger partial charge in [0.2, 0.25) is 5.91 Å². The van der Waals surface area contributed by atoms with Gasteiger partial charge in [-0.05, 0) is 43.7 Å². The number of carbonyl (C=O) groups is 2. The van der Waals surface area contributed by atoms with Crippen LogP contribution in [0.25, 0.3) is 0 Å². The molecule has 6 N–H and O–H groups in total. The number of benzene rings is 3. The zero-order valence-electron chi connectivity index (χ0n) is 21.7. The zero-order chi connectivity index (χ0) is 27.8. The van der Waals surface area contributed by atoms with Crippen molar-refractivity contribution >= 4 is 23.4 Å². The van der Waals surface area contributed by atoms with Gasteiger partial charge in [0.25, 0.3) is 0 Å². The van der Waals surface area contributed by atoms with Crippen molar-refractivity contribution in [1.82, 2.24) is 5.32 Å². The van der Waals surface area contributed by atoms with E-state index in [0.29, 0.717) is 33.9 Å². The highest BCUT2D eigenvalue weighted by Gasteiger charge is 2.31. The summed E-state index contributed by atoms with van der Waals surface area (Å²) in [6.07, 6.45) is -1.20. The number of nitrogens with two attached hydrogens (primary N) is 1. The number of hydrogen-bond donors (Lipinski definition) is 5. The Kier molecular flexibility index (Phi) is 9.15. The van der Waals surface area contributed by atoms with E-state index in [1.807, 2.05) is 30.3 Å². The molecule has 3 aromatic carbocycles. The van der Waals surface area contributed by atoms with Crippen LogP contribution in [0.2, 0.25) is 0 Å². The number of amidine groups is 1. The predicted molar refractivity (Wildman–Crippen MR) is 144 cm³/mol. The second-order valence-electron chi connectivity index (χ2n) is 8.52.